The van der Waals surface area contributed by atoms with Gasteiger partial charge in [0.1, 0.15) is 12.3 Å². The lowest BCUT2D eigenvalue weighted by Crippen LogP contribution is -2.03. The van der Waals surface area contributed by atoms with Gasteiger partial charge in [-0.2, -0.15) is 5.10 Å². The number of halogens is 1. The lowest BCUT2D eigenvalue weighted by Gasteiger charge is -2.05. The van der Waals surface area contributed by atoms with E-state index in [9.17, 15) is 4.57 Å². The molecule has 0 bridgehead atoms. The fourth-order valence-electron chi connectivity index (χ4n) is 1.62. The minimum absolute atomic E-state index is 0.374. The van der Waals surface area contributed by atoms with Crippen molar-refractivity contribution < 1.29 is 9.30 Å². The molecule has 0 saturated carbocycles. The van der Waals surface area contributed by atoms with Crippen LogP contribution in [-0.4, -0.2) is 35.2 Å². The van der Waals surface area contributed by atoms with Crippen LogP contribution in [0.3, 0.4) is 0 Å². The zero-order valence-corrected chi connectivity index (χ0v) is 12.7. The SMILES string of the molecule is COc1cc(Cn2cc(P(C)(C)=O)cn2)cc(Cl)n1. The van der Waals surface area contributed by atoms with Gasteiger partial charge in [0.15, 0.2) is 0 Å². The number of aromatic nitrogens is 3. The standard InChI is InChI=1S/C12H15ClN3O2P/c1-18-12-5-9(4-11(13)15-12)7-16-8-10(6-14-16)19(2,3)17/h4-6,8H,7H2,1-3H3. The van der Waals surface area contributed by atoms with Crippen LogP contribution in [0.2, 0.25) is 5.15 Å². The van der Waals surface area contributed by atoms with Gasteiger partial charge in [0, 0.05) is 17.6 Å². The molecule has 2 aromatic heterocycles. The van der Waals surface area contributed by atoms with Crippen molar-refractivity contribution in [3.05, 3.63) is 35.2 Å². The molecule has 0 radical (unpaired) electrons. The van der Waals surface area contributed by atoms with Crippen molar-refractivity contribution in [3.63, 3.8) is 0 Å². The second kappa shape index (κ2) is 5.35. The quantitative estimate of drug-likeness (QED) is 0.642. The molecule has 2 heterocycles. The van der Waals surface area contributed by atoms with Crippen LogP contribution in [0.1, 0.15) is 5.56 Å². The topological polar surface area (TPSA) is 57.0 Å². The average molecular weight is 300 g/mol. The third-order valence-corrected chi connectivity index (χ3v) is 4.29. The second-order valence-corrected chi connectivity index (χ2v) is 8.19. The van der Waals surface area contributed by atoms with Gasteiger partial charge < -0.3 is 9.30 Å². The van der Waals surface area contributed by atoms with E-state index >= 15 is 0 Å². The van der Waals surface area contributed by atoms with Gasteiger partial charge in [0.25, 0.3) is 0 Å². The Morgan fingerprint density at radius 2 is 2.16 bits per heavy atom. The number of rotatable bonds is 4. The minimum atomic E-state index is -2.27. The first-order valence-corrected chi connectivity index (χ1v) is 8.65. The maximum Gasteiger partial charge on any atom is 0.214 e. The fourth-order valence-corrected chi connectivity index (χ4v) is 2.59. The molecule has 0 aliphatic heterocycles. The molecule has 0 aliphatic rings. The van der Waals surface area contributed by atoms with E-state index in [1.807, 2.05) is 0 Å². The zero-order valence-electron chi connectivity index (χ0n) is 11.0. The highest BCUT2D eigenvalue weighted by atomic mass is 35.5. The lowest BCUT2D eigenvalue weighted by molar-refractivity contribution is 0.397. The summed E-state index contributed by atoms with van der Waals surface area (Å²) in [5, 5.41) is 5.34. The highest BCUT2D eigenvalue weighted by molar-refractivity contribution is 7.70. The van der Waals surface area contributed by atoms with E-state index < -0.39 is 7.14 Å². The van der Waals surface area contributed by atoms with E-state index in [-0.39, 0.29) is 0 Å². The summed E-state index contributed by atoms with van der Waals surface area (Å²) in [5.41, 5.74) is 0.925. The Kier molecular flexibility index (Phi) is 3.97. The van der Waals surface area contributed by atoms with Crippen LogP contribution in [0.25, 0.3) is 0 Å². The molecule has 0 spiro atoms. The Labute approximate surface area is 116 Å². The third kappa shape index (κ3) is 3.58. The van der Waals surface area contributed by atoms with Gasteiger partial charge in [-0.25, -0.2) is 4.98 Å². The van der Waals surface area contributed by atoms with E-state index in [0.29, 0.717) is 17.6 Å². The van der Waals surface area contributed by atoms with Crippen LogP contribution in [0.15, 0.2) is 24.5 Å². The lowest BCUT2D eigenvalue weighted by atomic mass is 10.2. The Balaban J connectivity index is 2.24. The van der Waals surface area contributed by atoms with E-state index in [1.54, 1.807) is 49.6 Å². The zero-order chi connectivity index (χ0) is 14.0. The van der Waals surface area contributed by atoms with Crippen molar-refractivity contribution in [2.24, 2.45) is 0 Å². The Hall–Kier alpha value is -1.32. The molecule has 2 aromatic rings. The van der Waals surface area contributed by atoms with Gasteiger partial charge >= 0.3 is 0 Å². The molecule has 5 nitrogen and oxygen atoms in total. The Bertz CT molecular complexity index is 636. The van der Waals surface area contributed by atoms with Gasteiger partial charge in [-0.05, 0) is 25.0 Å². The summed E-state index contributed by atoms with van der Waals surface area (Å²) in [5.74, 6) is 0.464. The molecule has 0 atom stereocenters. The molecule has 0 saturated heterocycles. The molecule has 0 aromatic carbocycles. The van der Waals surface area contributed by atoms with Crippen molar-refractivity contribution in [1.29, 1.82) is 0 Å². The molecule has 0 amide bonds. The maximum atomic E-state index is 11.9. The molecular weight excluding hydrogens is 285 g/mol. The van der Waals surface area contributed by atoms with Crippen LogP contribution in [-0.2, 0) is 11.1 Å². The van der Waals surface area contributed by atoms with Crippen LogP contribution in [0.4, 0.5) is 0 Å². The van der Waals surface area contributed by atoms with Crippen LogP contribution < -0.4 is 10.0 Å². The largest absolute Gasteiger partial charge is 0.481 e. The number of hydrogen-bond acceptors (Lipinski definition) is 4. The summed E-state index contributed by atoms with van der Waals surface area (Å²) < 4.78 is 18.7. The van der Waals surface area contributed by atoms with Crippen LogP contribution >= 0.6 is 18.7 Å². The number of ether oxygens (including phenoxy) is 1. The van der Waals surface area contributed by atoms with Gasteiger partial charge in [0.05, 0.1) is 19.9 Å². The Morgan fingerprint density at radius 1 is 1.42 bits per heavy atom. The number of pyridine rings is 1. The third-order valence-electron chi connectivity index (χ3n) is 2.63. The first-order chi connectivity index (χ1) is 8.88. The molecule has 0 N–H and O–H groups in total. The number of methoxy groups -OCH3 is 1. The molecule has 19 heavy (non-hydrogen) atoms. The second-order valence-electron chi connectivity index (χ2n) is 4.59. The van der Waals surface area contributed by atoms with Crippen molar-refractivity contribution in [1.82, 2.24) is 14.8 Å². The van der Waals surface area contributed by atoms with Gasteiger partial charge in [-0.3, -0.25) is 4.68 Å². The molecule has 0 unspecified atom stereocenters. The van der Waals surface area contributed by atoms with Crippen molar-refractivity contribution >= 4 is 24.0 Å². The van der Waals surface area contributed by atoms with Gasteiger partial charge in [0.2, 0.25) is 5.88 Å². The molecule has 0 aliphatic carbocycles. The van der Waals surface area contributed by atoms with Gasteiger partial charge in [-0.15, -0.1) is 0 Å². The number of hydrogen-bond donors (Lipinski definition) is 0. The normalized spacial score (nSPS) is 11.6. The predicted octanol–water partition coefficient (Wildman–Crippen LogP) is 2.24. The molecule has 102 valence electrons. The van der Waals surface area contributed by atoms with Crippen molar-refractivity contribution in [3.8, 4) is 5.88 Å². The molecule has 2 rings (SSSR count). The summed E-state index contributed by atoms with van der Waals surface area (Å²) in [7, 11) is -0.733. The molecule has 0 fully saturated rings. The summed E-state index contributed by atoms with van der Waals surface area (Å²) in [6.45, 7) is 3.97. The van der Waals surface area contributed by atoms with E-state index in [2.05, 4.69) is 10.1 Å². The van der Waals surface area contributed by atoms with Crippen LogP contribution in [0, 0.1) is 0 Å². The fraction of sp³-hybridized carbons (Fsp3) is 0.333. The predicted molar refractivity (Wildman–Crippen MR) is 76.2 cm³/mol. The first kappa shape index (κ1) is 14.1. The smallest absolute Gasteiger partial charge is 0.214 e. The molecular formula is C12H15ClN3O2P. The van der Waals surface area contributed by atoms with Crippen molar-refractivity contribution in [2.45, 2.75) is 6.54 Å². The minimum Gasteiger partial charge on any atom is -0.481 e. The maximum absolute atomic E-state index is 11.9. The van der Waals surface area contributed by atoms with E-state index in [1.165, 1.54) is 0 Å². The summed E-state index contributed by atoms with van der Waals surface area (Å²) in [6.07, 6.45) is 3.43. The molecule has 7 heteroatoms. The number of nitrogens with zero attached hydrogens (tertiary/aromatic N) is 3. The van der Waals surface area contributed by atoms with Gasteiger partial charge in [-0.1, -0.05) is 11.6 Å². The average Bonchev–Trinajstić information content (AvgIpc) is 2.76. The Morgan fingerprint density at radius 3 is 2.74 bits per heavy atom. The van der Waals surface area contributed by atoms with E-state index in [0.717, 1.165) is 10.9 Å². The monoisotopic (exact) mass is 299 g/mol. The highest BCUT2D eigenvalue weighted by Crippen LogP contribution is 2.34. The summed E-state index contributed by atoms with van der Waals surface area (Å²) >= 11 is 5.91. The van der Waals surface area contributed by atoms with Crippen LogP contribution in [0.5, 0.6) is 5.88 Å². The highest BCUT2D eigenvalue weighted by Gasteiger charge is 2.13. The van der Waals surface area contributed by atoms with Crippen molar-refractivity contribution in [2.75, 3.05) is 20.4 Å². The first-order valence-electron chi connectivity index (χ1n) is 5.67. The summed E-state index contributed by atoms with van der Waals surface area (Å²) in [6, 6.07) is 3.55. The van der Waals surface area contributed by atoms with E-state index in [4.69, 9.17) is 16.3 Å². The summed E-state index contributed by atoms with van der Waals surface area (Å²) in [4.78, 5) is 4.01.